The molecule has 5 heterocycles. The minimum Gasteiger partial charge on any atom is -0.349 e. The molecule has 2 atom stereocenters. The Bertz CT molecular complexity index is 1280. The fraction of sp³-hybridized carbons (Fsp3) is 0.409. The van der Waals surface area contributed by atoms with Gasteiger partial charge in [0, 0.05) is 31.6 Å². The van der Waals surface area contributed by atoms with Gasteiger partial charge in [-0.1, -0.05) is 0 Å². The lowest BCUT2D eigenvalue weighted by Crippen LogP contribution is -2.31. The first-order valence-corrected chi connectivity index (χ1v) is 10.7. The fourth-order valence-electron chi connectivity index (χ4n) is 4.56. The second kappa shape index (κ2) is 8.34. The number of nitrogens with zero attached hydrogens (tertiary/aromatic N) is 6. The van der Waals surface area contributed by atoms with Crippen molar-refractivity contribution >= 4 is 22.6 Å². The highest BCUT2D eigenvalue weighted by Crippen LogP contribution is 2.32. The van der Waals surface area contributed by atoms with Gasteiger partial charge in [-0.15, -0.1) is 0 Å². The molecule has 0 bridgehead atoms. The van der Waals surface area contributed by atoms with Crippen molar-refractivity contribution in [3.05, 3.63) is 53.9 Å². The van der Waals surface area contributed by atoms with Crippen molar-refractivity contribution in [2.75, 3.05) is 6.54 Å². The number of ketones is 1. The number of rotatable bonds is 7. The maximum Gasteiger partial charge on any atom is 0.280 e. The number of Topliss-reactive ketones (excluding diaryl/α,β-unsaturated/α-hetero) is 1. The van der Waals surface area contributed by atoms with E-state index in [1.165, 1.54) is 16.9 Å². The number of aromatic nitrogens is 6. The van der Waals surface area contributed by atoms with Crippen LogP contribution >= 0.6 is 0 Å². The van der Waals surface area contributed by atoms with E-state index in [-0.39, 0.29) is 35.6 Å². The highest BCUT2D eigenvalue weighted by molar-refractivity contribution is 5.96. The molecule has 1 N–H and O–H groups in total. The molecule has 0 aliphatic carbocycles. The first kappa shape index (κ1) is 20.6. The molecule has 2 unspecified atom stereocenters. The highest BCUT2D eigenvalue weighted by atomic mass is 19.3. The molecule has 1 aliphatic rings. The summed E-state index contributed by atoms with van der Waals surface area (Å²) in [6.45, 7) is 0.856. The van der Waals surface area contributed by atoms with Crippen LogP contribution in [0.2, 0.25) is 0 Å². The number of carbonyl (C=O) groups excluding carboxylic acids is 1. The van der Waals surface area contributed by atoms with Gasteiger partial charge in [0.15, 0.2) is 5.78 Å². The molecular formula is C22H23F2N7O. The van der Waals surface area contributed by atoms with Crippen LogP contribution in [0, 0.1) is 0 Å². The molecule has 0 amide bonds. The molecule has 4 aromatic heterocycles. The first-order valence-electron chi connectivity index (χ1n) is 10.7. The molecule has 1 fully saturated rings. The maximum atomic E-state index is 13.5. The topological polar surface area (TPSA) is 90.0 Å². The van der Waals surface area contributed by atoms with Gasteiger partial charge in [-0.2, -0.15) is 10.1 Å². The Morgan fingerprint density at radius 2 is 2.16 bits per heavy atom. The summed E-state index contributed by atoms with van der Waals surface area (Å²) in [6.07, 6.45) is 3.12. The van der Waals surface area contributed by atoms with Crippen LogP contribution in [-0.2, 0) is 7.05 Å². The lowest BCUT2D eigenvalue weighted by Gasteiger charge is -2.24. The molecule has 8 nitrogen and oxygen atoms in total. The molecule has 0 saturated carbocycles. The van der Waals surface area contributed by atoms with Crippen LogP contribution < -0.4 is 5.32 Å². The van der Waals surface area contributed by atoms with Crippen LogP contribution in [0.3, 0.4) is 0 Å². The van der Waals surface area contributed by atoms with E-state index in [1.807, 2.05) is 29.9 Å². The average molecular weight is 439 g/mol. The zero-order chi connectivity index (χ0) is 22.2. The second-order valence-corrected chi connectivity index (χ2v) is 8.18. The van der Waals surface area contributed by atoms with Gasteiger partial charge in [-0.05, 0) is 50.1 Å². The number of fused-ring (bicyclic) bond motifs is 2. The maximum absolute atomic E-state index is 13.5. The molecule has 166 valence electrons. The Labute approximate surface area is 182 Å². The molecule has 10 heteroatoms. The first-order chi connectivity index (χ1) is 15.5. The summed E-state index contributed by atoms with van der Waals surface area (Å²) in [6, 6.07) is 6.97. The number of pyridine rings is 1. The van der Waals surface area contributed by atoms with Crippen molar-refractivity contribution in [3.8, 4) is 0 Å². The summed E-state index contributed by atoms with van der Waals surface area (Å²) >= 11 is 0. The zero-order valence-corrected chi connectivity index (χ0v) is 17.6. The molecule has 32 heavy (non-hydrogen) atoms. The van der Waals surface area contributed by atoms with Gasteiger partial charge in [0.25, 0.3) is 12.2 Å². The normalized spacial score (nSPS) is 17.6. The van der Waals surface area contributed by atoms with Crippen LogP contribution in [0.25, 0.3) is 16.8 Å². The van der Waals surface area contributed by atoms with Crippen molar-refractivity contribution in [2.24, 2.45) is 7.05 Å². The molecule has 1 saturated heterocycles. The average Bonchev–Trinajstić information content (AvgIpc) is 3.54. The Morgan fingerprint density at radius 1 is 1.28 bits per heavy atom. The van der Waals surface area contributed by atoms with Gasteiger partial charge in [0.1, 0.15) is 17.7 Å². The molecule has 5 rings (SSSR count). The Hall–Kier alpha value is -3.27. The minimum atomic E-state index is -2.71. The van der Waals surface area contributed by atoms with Crippen LogP contribution in [0.4, 0.5) is 8.78 Å². The zero-order valence-electron chi connectivity index (χ0n) is 17.6. The van der Waals surface area contributed by atoms with Gasteiger partial charge in [0.05, 0.1) is 16.7 Å². The third-order valence-electron chi connectivity index (χ3n) is 6.19. The van der Waals surface area contributed by atoms with E-state index >= 15 is 0 Å². The Morgan fingerprint density at radius 3 is 2.94 bits per heavy atom. The van der Waals surface area contributed by atoms with E-state index in [1.54, 1.807) is 6.07 Å². The highest BCUT2D eigenvalue weighted by Gasteiger charge is 2.30. The fourth-order valence-corrected chi connectivity index (χ4v) is 4.56. The van der Waals surface area contributed by atoms with Crippen molar-refractivity contribution in [3.63, 3.8) is 0 Å². The van der Waals surface area contributed by atoms with E-state index < -0.39 is 6.43 Å². The van der Waals surface area contributed by atoms with Crippen LogP contribution in [0.15, 0.2) is 36.8 Å². The van der Waals surface area contributed by atoms with E-state index in [0.717, 1.165) is 30.4 Å². The summed E-state index contributed by atoms with van der Waals surface area (Å²) in [5.41, 5.74) is 2.41. The number of carbonyl (C=O) groups is 1. The number of aryl methyl sites for hydroxylation is 1. The van der Waals surface area contributed by atoms with Crippen molar-refractivity contribution < 1.29 is 13.6 Å². The lowest BCUT2D eigenvalue weighted by atomic mass is 9.88. The second-order valence-electron chi connectivity index (χ2n) is 8.18. The predicted molar refractivity (Wildman–Crippen MR) is 114 cm³/mol. The summed E-state index contributed by atoms with van der Waals surface area (Å²) in [4.78, 5) is 25.4. The standard InChI is InChI=1S/C22H23F2N7O/c1-30-10-8-15-18(30)6-5-16(28-15)20(32)7-4-13(14-3-2-9-25-14)19-11-17(21(23)24)29-22-26-12-27-31(19)22/h5-6,8,10-14,21,25H,2-4,7,9H2,1H3. The molecule has 0 aromatic carbocycles. The summed E-state index contributed by atoms with van der Waals surface area (Å²) in [5.74, 6) is -0.119. The number of hydrogen-bond donors (Lipinski definition) is 1. The van der Waals surface area contributed by atoms with Gasteiger partial charge < -0.3 is 9.88 Å². The molecule has 0 radical (unpaired) electrons. The molecule has 1 aliphatic heterocycles. The summed E-state index contributed by atoms with van der Waals surface area (Å²) < 4.78 is 30.4. The van der Waals surface area contributed by atoms with Crippen molar-refractivity contribution in [1.82, 2.24) is 34.4 Å². The third-order valence-corrected chi connectivity index (χ3v) is 6.19. The smallest absolute Gasteiger partial charge is 0.280 e. The van der Waals surface area contributed by atoms with Crippen LogP contribution in [0.1, 0.15) is 59.9 Å². The van der Waals surface area contributed by atoms with Crippen molar-refractivity contribution in [1.29, 1.82) is 0 Å². The van der Waals surface area contributed by atoms with E-state index in [2.05, 4.69) is 25.4 Å². The summed E-state index contributed by atoms with van der Waals surface area (Å²) in [5, 5.41) is 7.66. The lowest BCUT2D eigenvalue weighted by molar-refractivity contribution is 0.0971. The summed E-state index contributed by atoms with van der Waals surface area (Å²) in [7, 11) is 1.93. The van der Waals surface area contributed by atoms with E-state index in [4.69, 9.17) is 0 Å². The van der Waals surface area contributed by atoms with Crippen LogP contribution in [-0.4, -0.2) is 47.5 Å². The SMILES string of the molecule is Cn1ccc2nc(C(=O)CCC(c3cc(C(F)F)nc4ncnn34)C3CCCN3)ccc21. The minimum absolute atomic E-state index is 0.0627. The quantitative estimate of drug-likeness (QED) is 0.444. The Kier molecular flexibility index (Phi) is 5.38. The third kappa shape index (κ3) is 3.75. The molecule has 0 spiro atoms. The number of nitrogens with one attached hydrogen (secondary N) is 1. The van der Waals surface area contributed by atoms with E-state index in [9.17, 15) is 13.6 Å². The number of halogens is 2. The van der Waals surface area contributed by atoms with Gasteiger partial charge >= 0.3 is 0 Å². The van der Waals surface area contributed by atoms with E-state index in [0.29, 0.717) is 17.8 Å². The van der Waals surface area contributed by atoms with Crippen molar-refractivity contribution in [2.45, 2.75) is 44.1 Å². The number of hydrogen-bond acceptors (Lipinski definition) is 6. The molecule has 4 aromatic rings. The Balaban J connectivity index is 1.44. The van der Waals surface area contributed by atoms with Gasteiger partial charge in [-0.25, -0.2) is 23.3 Å². The van der Waals surface area contributed by atoms with Gasteiger partial charge in [0.2, 0.25) is 0 Å². The van der Waals surface area contributed by atoms with Crippen LogP contribution in [0.5, 0.6) is 0 Å². The largest absolute Gasteiger partial charge is 0.349 e. The molecular weight excluding hydrogens is 416 g/mol. The number of alkyl halides is 2. The predicted octanol–water partition coefficient (Wildman–Crippen LogP) is 3.45. The monoisotopic (exact) mass is 439 g/mol. The van der Waals surface area contributed by atoms with Gasteiger partial charge in [-0.3, -0.25) is 4.79 Å².